The van der Waals surface area contributed by atoms with E-state index >= 15 is 0 Å². The second-order valence-electron chi connectivity index (χ2n) is 9.27. The number of ether oxygens (including phenoxy) is 1. The van der Waals surface area contributed by atoms with Crippen molar-refractivity contribution in [1.29, 1.82) is 0 Å². The van der Waals surface area contributed by atoms with Gasteiger partial charge in [0.05, 0.1) is 23.7 Å². The normalized spacial score (nSPS) is 19.5. The Morgan fingerprint density at radius 3 is 2.06 bits per heavy atom. The number of unbranched alkanes of at least 4 members (excludes halogenated alkanes) is 1. The Hall–Kier alpha value is -1.24. The highest BCUT2D eigenvalue weighted by molar-refractivity contribution is 7.89. The van der Waals surface area contributed by atoms with E-state index in [-0.39, 0.29) is 24.0 Å². The zero-order chi connectivity index (χ0) is 25.9. The van der Waals surface area contributed by atoms with E-state index in [4.69, 9.17) is 14.9 Å². The van der Waals surface area contributed by atoms with Crippen LogP contribution >= 0.6 is 0 Å². The molecule has 2 rings (SSSR count). The average molecular weight is 525 g/mol. The van der Waals surface area contributed by atoms with Gasteiger partial charge in [-0.3, -0.25) is 4.90 Å². The summed E-state index contributed by atoms with van der Waals surface area (Å²) in [4.78, 5) is 1.89. The maximum Gasteiger partial charge on any atom is 0.416 e. The van der Waals surface area contributed by atoms with Crippen LogP contribution in [0.1, 0.15) is 44.1 Å². The summed E-state index contributed by atoms with van der Waals surface area (Å²) in [7, 11) is -2.36. The highest BCUT2D eigenvalue weighted by Crippen LogP contribution is 2.32. The highest BCUT2D eigenvalue weighted by Gasteiger charge is 2.32. The van der Waals surface area contributed by atoms with E-state index in [9.17, 15) is 21.6 Å². The van der Waals surface area contributed by atoms with Crippen LogP contribution in [0.2, 0.25) is 0 Å². The number of aliphatic hydroxyl groups excluding tert-OH is 2. The van der Waals surface area contributed by atoms with E-state index in [1.54, 1.807) is 0 Å². The second kappa shape index (κ2) is 14.5. The Kier molecular flexibility index (Phi) is 12.4. The third-order valence-electron chi connectivity index (χ3n) is 6.57. The van der Waals surface area contributed by atoms with E-state index in [0.29, 0.717) is 38.8 Å². The van der Waals surface area contributed by atoms with E-state index in [1.165, 1.54) is 11.4 Å². The van der Waals surface area contributed by atoms with E-state index in [0.717, 1.165) is 69.3 Å². The maximum atomic E-state index is 12.8. The van der Waals surface area contributed by atoms with Gasteiger partial charge in [0.25, 0.3) is 0 Å². The van der Waals surface area contributed by atoms with Crippen molar-refractivity contribution in [3.8, 4) is 0 Å². The second-order valence-corrected chi connectivity index (χ2v) is 11.3. The molecule has 7 nitrogen and oxygen atoms in total. The summed E-state index contributed by atoms with van der Waals surface area (Å²) in [5.41, 5.74) is -0.870. The minimum Gasteiger partial charge on any atom is -0.395 e. The Balaban J connectivity index is 1.67. The summed E-state index contributed by atoms with van der Waals surface area (Å²) in [5, 5.41) is 18.1. The van der Waals surface area contributed by atoms with Crippen molar-refractivity contribution in [2.75, 3.05) is 59.7 Å². The molecule has 0 radical (unpaired) electrons. The van der Waals surface area contributed by atoms with Crippen LogP contribution in [0.3, 0.4) is 0 Å². The first-order valence-electron chi connectivity index (χ1n) is 12.2. The van der Waals surface area contributed by atoms with Crippen LogP contribution in [0.5, 0.6) is 0 Å². The van der Waals surface area contributed by atoms with Gasteiger partial charge >= 0.3 is 6.18 Å². The van der Waals surface area contributed by atoms with Crippen LogP contribution < -0.4 is 0 Å². The summed E-state index contributed by atoms with van der Waals surface area (Å²) >= 11 is 0. The van der Waals surface area contributed by atoms with Gasteiger partial charge in [0.15, 0.2) is 0 Å². The molecule has 2 N–H and O–H groups in total. The molecule has 0 aliphatic heterocycles. The van der Waals surface area contributed by atoms with Gasteiger partial charge in [-0.2, -0.15) is 13.2 Å². The number of benzene rings is 1. The van der Waals surface area contributed by atoms with Crippen LogP contribution in [-0.2, 0) is 20.9 Å². The van der Waals surface area contributed by atoms with Gasteiger partial charge in [0.1, 0.15) is 0 Å². The van der Waals surface area contributed by atoms with Crippen LogP contribution in [0.4, 0.5) is 13.2 Å². The molecule has 1 fully saturated rings. The predicted octanol–water partition coefficient (Wildman–Crippen LogP) is 3.22. The lowest BCUT2D eigenvalue weighted by molar-refractivity contribution is -0.137. The van der Waals surface area contributed by atoms with E-state index in [2.05, 4.69) is 0 Å². The fourth-order valence-electron chi connectivity index (χ4n) is 4.45. The summed E-state index contributed by atoms with van der Waals surface area (Å²) in [6.07, 6.45) is 1.04. The average Bonchev–Trinajstić information content (AvgIpc) is 2.82. The predicted molar refractivity (Wildman–Crippen MR) is 127 cm³/mol. The van der Waals surface area contributed by atoms with Crippen LogP contribution in [0, 0.1) is 11.8 Å². The smallest absolute Gasteiger partial charge is 0.395 e. The van der Waals surface area contributed by atoms with Crippen molar-refractivity contribution in [2.45, 2.75) is 49.6 Å². The Labute approximate surface area is 206 Å². The SMILES string of the molecule is CN(CC1CCC(COCCCCN(CCO)CCO)CC1)S(=O)(=O)c1ccc(C(F)(F)F)cc1. The molecule has 1 aromatic carbocycles. The van der Waals surface area contributed by atoms with Crippen LogP contribution in [0.15, 0.2) is 29.2 Å². The molecule has 0 saturated heterocycles. The third-order valence-corrected chi connectivity index (χ3v) is 8.41. The van der Waals surface area contributed by atoms with Crippen LogP contribution in [-0.4, -0.2) is 87.5 Å². The quantitative estimate of drug-likeness (QED) is 0.343. The number of hydrogen-bond acceptors (Lipinski definition) is 6. The topological polar surface area (TPSA) is 90.3 Å². The van der Waals surface area contributed by atoms with Gasteiger partial charge < -0.3 is 14.9 Å². The first kappa shape index (κ1) is 30.0. The van der Waals surface area contributed by atoms with Crippen molar-refractivity contribution >= 4 is 10.0 Å². The van der Waals surface area contributed by atoms with Crippen molar-refractivity contribution in [3.05, 3.63) is 29.8 Å². The molecule has 0 spiro atoms. The Morgan fingerprint density at radius 1 is 0.943 bits per heavy atom. The summed E-state index contributed by atoms with van der Waals surface area (Å²) in [6.45, 7) is 3.79. The summed E-state index contributed by atoms with van der Waals surface area (Å²) < 4.78 is 70.8. The minimum absolute atomic E-state index is 0.0793. The molecule has 1 saturated carbocycles. The van der Waals surface area contributed by atoms with Gasteiger partial charge in [-0.1, -0.05) is 0 Å². The molecular formula is C24H39F3N2O5S. The third kappa shape index (κ3) is 9.97. The molecule has 0 unspecified atom stereocenters. The summed E-state index contributed by atoms with van der Waals surface area (Å²) in [6, 6.07) is 3.62. The number of halogens is 3. The number of nitrogens with zero attached hydrogens (tertiary/aromatic N) is 2. The van der Waals surface area contributed by atoms with E-state index < -0.39 is 21.8 Å². The number of hydrogen-bond donors (Lipinski definition) is 2. The first-order chi connectivity index (χ1) is 16.6. The van der Waals surface area contributed by atoms with Crippen molar-refractivity contribution < 1.29 is 36.5 Å². The Morgan fingerprint density at radius 2 is 1.51 bits per heavy atom. The van der Waals surface area contributed by atoms with Crippen LogP contribution in [0.25, 0.3) is 0 Å². The lowest BCUT2D eigenvalue weighted by Crippen LogP contribution is -2.34. The molecule has 0 bridgehead atoms. The molecule has 35 heavy (non-hydrogen) atoms. The molecule has 0 atom stereocenters. The molecule has 1 aromatic rings. The summed E-state index contributed by atoms with van der Waals surface area (Å²) in [5.74, 6) is 0.660. The molecule has 11 heteroatoms. The minimum atomic E-state index is -4.50. The zero-order valence-corrected chi connectivity index (χ0v) is 21.2. The van der Waals surface area contributed by atoms with Gasteiger partial charge in [-0.05, 0) is 81.2 Å². The van der Waals surface area contributed by atoms with Crippen molar-refractivity contribution in [3.63, 3.8) is 0 Å². The number of aliphatic hydroxyl groups is 2. The number of rotatable bonds is 15. The van der Waals surface area contributed by atoms with Crippen molar-refractivity contribution in [1.82, 2.24) is 9.21 Å². The molecule has 1 aliphatic rings. The standard InChI is InChI=1S/C24H39F3N2O5S/c1-28(35(32,33)23-10-8-22(9-11-23)24(25,26)27)18-20-4-6-21(7-5-20)19-34-17-3-2-12-29(13-15-30)14-16-31/h8-11,20-21,30-31H,2-7,12-19H2,1H3. The number of alkyl halides is 3. The van der Waals surface area contributed by atoms with Crippen molar-refractivity contribution in [2.24, 2.45) is 11.8 Å². The van der Waals surface area contributed by atoms with Gasteiger partial charge in [0, 0.05) is 39.9 Å². The number of sulfonamides is 1. The zero-order valence-electron chi connectivity index (χ0n) is 20.4. The Bertz CT molecular complexity index is 823. The molecule has 0 heterocycles. The lowest BCUT2D eigenvalue weighted by atomic mass is 9.82. The fourth-order valence-corrected chi connectivity index (χ4v) is 5.69. The van der Waals surface area contributed by atoms with E-state index in [1.807, 2.05) is 4.90 Å². The monoisotopic (exact) mass is 524 g/mol. The van der Waals surface area contributed by atoms with Gasteiger partial charge in [-0.25, -0.2) is 12.7 Å². The molecule has 202 valence electrons. The maximum absolute atomic E-state index is 12.8. The lowest BCUT2D eigenvalue weighted by Gasteiger charge is -2.31. The molecular weight excluding hydrogens is 485 g/mol. The van der Waals surface area contributed by atoms with Gasteiger partial charge in [0.2, 0.25) is 10.0 Å². The molecule has 0 amide bonds. The fraction of sp³-hybridized carbons (Fsp3) is 0.750. The first-order valence-corrected chi connectivity index (χ1v) is 13.7. The molecule has 1 aliphatic carbocycles. The largest absolute Gasteiger partial charge is 0.416 e. The molecule has 0 aromatic heterocycles. The van der Waals surface area contributed by atoms with Gasteiger partial charge in [-0.15, -0.1) is 0 Å². The highest BCUT2D eigenvalue weighted by atomic mass is 32.2.